The largest absolute Gasteiger partial charge is 0.322 e. The predicted molar refractivity (Wildman–Crippen MR) is 109 cm³/mol. The van der Waals surface area contributed by atoms with Crippen molar-refractivity contribution in [1.82, 2.24) is 5.32 Å². The zero-order chi connectivity index (χ0) is 19.4. The van der Waals surface area contributed by atoms with Crippen LogP contribution >= 0.6 is 0 Å². The molecular weight excluding hydrogens is 334 g/mol. The van der Waals surface area contributed by atoms with E-state index in [0.717, 1.165) is 30.8 Å². The number of anilines is 1. The van der Waals surface area contributed by atoms with E-state index >= 15 is 0 Å². The van der Waals surface area contributed by atoms with Gasteiger partial charge >= 0.3 is 0 Å². The molecule has 3 rings (SSSR count). The van der Waals surface area contributed by atoms with Gasteiger partial charge in [0.15, 0.2) is 0 Å². The van der Waals surface area contributed by atoms with Crippen molar-refractivity contribution in [2.24, 2.45) is 0 Å². The number of nitrogens with one attached hydrogen (secondary N) is 2. The molecule has 0 unspecified atom stereocenters. The predicted octanol–water partition coefficient (Wildman–Crippen LogP) is 4.15. The van der Waals surface area contributed by atoms with E-state index in [1.54, 1.807) is 12.1 Å². The highest BCUT2D eigenvalue weighted by molar-refractivity contribution is 6.02. The molecule has 2 N–H and O–H groups in total. The summed E-state index contributed by atoms with van der Waals surface area (Å²) in [6, 6.07) is 13.5. The van der Waals surface area contributed by atoms with Crippen molar-refractivity contribution in [2.75, 3.05) is 11.9 Å². The Labute approximate surface area is 160 Å². The Morgan fingerprint density at radius 3 is 2.81 bits per heavy atom. The number of hydrogen-bond acceptors (Lipinski definition) is 3. The molecule has 0 bridgehead atoms. The van der Waals surface area contributed by atoms with Crippen LogP contribution in [-0.4, -0.2) is 12.5 Å². The lowest BCUT2D eigenvalue weighted by molar-refractivity contribution is -0.111. The van der Waals surface area contributed by atoms with Crippen LogP contribution in [0.15, 0.2) is 42.5 Å². The van der Waals surface area contributed by atoms with Gasteiger partial charge in [0.2, 0.25) is 5.91 Å². The van der Waals surface area contributed by atoms with Crippen molar-refractivity contribution in [1.29, 1.82) is 5.26 Å². The van der Waals surface area contributed by atoms with Gasteiger partial charge in [0.05, 0.1) is 11.6 Å². The second-order valence-electron chi connectivity index (χ2n) is 7.48. The topological polar surface area (TPSA) is 64.9 Å². The fourth-order valence-corrected chi connectivity index (χ4v) is 3.73. The molecule has 1 aliphatic heterocycles. The molecule has 0 aliphatic carbocycles. The second kappa shape index (κ2) is 7.77. The Balaban J connectivity index is 1.85. The summed E-state index contributed by atoms with van der Waals surface area (Å²) in [5, 5.41) is 15.7. The lowest BCUT2D eigenvalue weighted by Crippen LogP contribution is -2.39. The molecule has 0 radical (unpaired) electrons. The summed E-state index contributed by atoms with van der Waals surface area (Å²) in [4.78, 5) is 12.5. The van der Waals surface area contributed by atoms with Crippen molar-refractivity contribution in [2.45, 2.75) is 39.2 Å². The molecule has 0 saturated heterocycles. The van der Waals surface area contributed by atoms with E-state index in [1.165, 1.54) is 22.8 Å². The van der Waals surface area contributed by atoms with Crippen molar-refractivity contribution in [3.8, 4) is 6.07 Å². The maximum absolute atomic E-state index is 12.5. The number of nitriles is 1. The first-order chi connectivity index (χ1) is 13.0. The van der Waals surface area contributed by atoms with E-state index in [2.05, 4.69) is 43.5 Å². The van der Waals surface area contributed by atoms with Gasteiger partial charge in [-0.15, -0.1) is 0 Å². The molecule has 0 aromatic heterocycles. The fraction of sp³-hybridized carbons (Fsp3) is 0.304. The number of benzene rings is 2. The molecule has 0 fully saturated rings. The van der Waals surface area contributed by atoms with E-state index < -0.39 is 0 Å². The molecule has 27 heavy (non-hydrogen) atoms. The highest BCUT2D eigenvalue weighted by Crippen LogP contribution is 2.35. The number of hydrogen-bond donors (Lipinski definition) is 2. The van der Waals surface area contributed by atoms with Gasteiger partial charge in [-0.1, -0.05) is 45.0 Å². The van der Waals surface area contributed by atoms with Crippen molar-refractivity contribution in [3.05, 3.63) is 70.3 Å². The van der Waals surface area contributed by atoms with Gasteiger partial charge in [0, 0.05) is 30.3 Å². The Bertz CT molecular complexity index is 935. The minimum absolute atomic E-state index is 0.0843. The molecule has 0 spiro atoms. The maximum Gasteiger partial charge on any atom is 0.248 e. The monoisotopic (exact) mass is 359 g/mol. The minimum atomic E-state index is -0.194. The second-order valence-corrected chi connectivity index (χ2v) is 7.48. The number of rotatable bonds is 4. The lowest BCUT2D eigenvalue weighted by atomic mass is 9.77. The number of carbonyl (C=O) groups excluding carboxylic acids is 1. The van der Waals surface area contributed by atoms with Crippen LogP contribution in [-0.2, 0) is 23.2 Å². The molecule has 138 valence electrons. The van der Waals surface area contributed by atoms with E-state index in [4.69, 9.17) is 5.26 Å². The summed E-state index contributed by atoms with van der Waals surface area (Å²) in [5.74, 6) is -0.194. The third-order valence-electron chi connectivity index (χ3n) is 5.14. The summed E-state index contributed by atoms with van der Waals surface area (Å²) in [6.07, 6.45) is 4.03. The smallest absolute Gasteiger partial charge is 0.248 e. The molecule has 0 saturated carbocycles. The molecule has 2 aromatic carbocycles. The Hall–Kier alpha value is -2.90. The van der Waals surface area contributed by atoms with Gasteiger partial charge in [-0.05, 0) is 46.9 Å². The highest BCUT2D eigenvalue weighted by atomic mass is 16.1. The van der Waals surface area contributed by atoms with Crippen LogP contribution in [0.4, 0.5) is 5.69 Å². The first-order valence-electron chi connectivity index (χ1n) is 9.30. The van der Waals surface area contributed by atoms with Crippen molar-refractivity contribution < 1.29 is 4.79 Å². The number of nitrogens with zero attached hydrogens (tertiary/aromatic N) is 1. The summed E-state index contributed by atoms with van der Waals surface area (Å²) >= 11 is 0. The van der Waals surface area contributed by atoms with Crippen LogP contribution in [0, 0.1) is 11.3 Å². The molecular formula is C23H25N3O. The van der Waals surface area contributed by atoms with E-state index in [1.807, 2.05) is 24.3 Å². The van der Waals surface area contributed by atoms with E-state index in [9.17, 15) is 4.79 Å². The average molecular weight is 359 g/mol. The molecule has 4 nitrogen and oxygen atoms in total. The van der Waals surface area contributed by atoms with Crippen LogP contribution in [0.25, 0.3) is 6.08 Å². The third-order valence-corrected chi connectivity index (χ3v) is 5.14. The third kappa shape index (κ3) is 3.94. The quantitative estimate of drug-likeness (QED) is 0.806. The van der Waals surface area contributed by atoms with Gasteiger partial charge in [0.25, 0.3) is 0 Å². The Morgan fingerprint density at radius 1 is 1.30 bits per heavy atom. The molecule has 1 aliphatic rings. The lowest BCUT2D eigenvalue weighted by Gasteiger charge is -2.35. The minimum Gasteiger partial charge on any atom is -0.322 e. The van der Waals surface area contributed by atoms with Gasteiger partial charge in [-0.25, -0.2) is 0 Å². The fourth-order valence-electron chi connectivity index (χ4n) is 3.73. The Kier molecular flexibility index (Phi) is 5.43. The molecule has 1 heterocycles. The summed E-state index contributed by atoms with van der Waals surface area (Å²) in [7, 11) is 0. The van der Waals surface area contributed by atoms with Crippen molar-refractivity contribution in [3.63, 3.8) is 0 Å². The first kappa shape index (κ1) is 18.9. The highest BCUT2D eigenvalue weighted by Gasteiger charge is 2.29. The van der Waals surface area contributed by atoms with Crippen LogP contribution in [0.2, 0.25) is 0 Å². The zero-order valence-electron chi connectivity index (χ0n) is 16.1. The number of fused-ring (bicyclic) bond motifs is 1. The zero-order valence-corrected chi connectivity index (χ0v) is 16.1. The standard InChI is InChI=1S/C23H25N3O/c1-4-18-19-14-25-15-23(2,3)20(19)10-11-21(18)26-22(27)12-9-16-7-5-6-8-17(16)13-24/h5-12,25H,4,14-15H2,1-3H3,(H,26,27)/b12-9+. The van der Waals surface area contributed by atoms with Gasteiger partial charge in [-0.2, -0.15) is 5.26 Å². The average Bonchev–Trinajstić information content (AvgIpc) is 2.66. The van der Waals surface area contributed by atoms with Crippen LogP contribution in [0.1, 0.15) is 48.6 Å². The molecule has 1 amide bonds. The van der Waals surface area contributed by atoms with Crippen molar-refractivity contribution >= 4 is 17.7 Å². The first-order valence-corrected chi connectivity index (χ1v) is 9.30. The Morgan fingerprint density at radius 2 is 2.07 bits per heavy atom. The molecule has 2 aromatic rings. The van der Waals surface area contributed by atoms with Crippen LogP contribution in [0.5, 0.6) is 0 Å². The van der Waals surface area contributed by atoms with Gasteiger partial charge in [-0.3, -0.25) is 4.79 Å². The number of carbonyl (C=O) groups is 1. The molecule has 4 heteroatoms. The maximum atomic E-state index is 12.5. The summed E-state index contributed by atoms with van der Waals surface area (Å²) < 4.78 is 0. The van der Waals surface area contributed by atoms with Gasteiger partial charge in [0.1, 0.15) is 0 Å². The van der Waals surface area contributed by atoms with E-state index in [-0.39, 0.29) is 11.3 Å². The normalized spacial score (nSPS) is 15.2. The SMILES string of the molecule is CCc1c(NC(=O)/C=C/c2ccccc2C#N)ccc2c1CNCC2(C)C. The molecule has 0 atom stereocenters. The summed E-state index contributed by atoms with van der Waals surface area (Å²) in [6.45, 7) is 8.38. The summed E-state index contributed by atoms with van der Waals surface area (Å²) in [5.41, 5.74) is 6.08. The number of amides is 1. The van der Waals surface area contributed by atoms with Gasteiger partial charge < -0.3 is 10.6 Å². The van der Waals surface area contributed by atoms with Crippen LogP contribution < -0.4 is 10.6 Å². The van der Waals surface area contributed by atoms with E-state index in [0.29, 0.717) is 5.56 Å². The van der Waals surface area contributed by atoms with Crippen LogP contribution in [0.3, 0.4) is 0 Å².